The number of anilines is 1. The van der Waals surface area contributed by atoms with Crippen molar-refractivity contribution < 1.29 is 14.0 Å². The van der Waals surface area contributed by atoms with Crippen LogP contribution < -0.4 is 10.6 Å². The lowest BCUT2D eigenvalue weighted by Gasteiger charge is -2.43. The van der Waals surface area contributed by atoms with Gasteiger partial charge < -0.3 is 20.4 Å². The fourth-order valence-corrected chi connectivity index (χ4v) is 3.75. The number of urea groups is 1. The van der Waals surface area contributed by atoms with E-state index in [1.54, 1.807) is 24.0 Å². The summed E-state index contributed by atoms with van der Waals surface area (Å²) in [6, 6.07) is 4.17. The van der Waals surface area contributed by atoms with E-state index in [1.807, 2.05) is 4.90 Å². The van der Waals surface area contributed by atoms with Crippen LogP contribution in [0.2, 0.25) is 0 Å². The smallest absolute Gasteiger partial charge is 0.321 e. The predicted molar refractivity (Wildman–Crippen MR) is 111 cm³/mol. The number of aryl methyl sites for hydroxylation is 1. The molecule has 0 aromatic heterocycles. The van der Waals surface area contributed by atoms with E-state index in [-0.39, 0.29) is 29.3 Å². The highest BCUT2D eigenvalue weighted by atomic mass is 19.1. The number of nitrogens with one attached hydrogen (secondary N) is 2. The van der Waals surface area contributed by atoms with E-state index in [0.29, 0.717) is 44.0 Å². The van der Waals surface area contributed by atoms with Gasteiger partial charge in [-0.25, -0.2) is 9.18 Å². The van der Waals surface area contributed by atoms with Crippen LogP contribution in [0.3, 0.4) is 0 Å². The maximum atomic E-state index is 13.7. The Kier molecular flexibility index (Phi) is 6.43. The quantitative estimate of drug-likeness (QED) is 0.789. The number of carbonyl (C=O) groups is 2. The second-order valence-corrected chi connectivity index (χ2v) is 8.83. The van der Waals surface area contributed by atoms with Gasteiger partial charge in [-0.1, -0.05) is 6.07 Å². The van der Waals surface area contributed by atoms with Crippen LogP contribution in [-0.4, -0.2) is 84.0 Å². The summed E-state index contributed by atoms with van der Waals surface area (Å²) in [6.45, 7) is 12.5. The molecule has 1 aromatic carbocycles. The lowest BCUT2D eigenvalue weighted by Crippen LogP contribution is -2.63. The standard InChI is InChI=1S/C21H32FN5O2/c1-15-5-6-16(13-17(15)22)24-20(29)26-11-9-25(10-12-26)19(28)18-14-27(8-7-23-18)21(2,3)4/h5-6,13,18,23H,7-12,14H2,1-4H3,(H,24,29)/t18-/m1/s1. The monoisotopic (exact) mass is 405 g/mol. The number of carbonyl (C=O) groups excluding carboxylic acids is 2. The molecule has 2 heterocycles. The van der Waals surface area contributed by atoms with Crippen LogP contribution in [0.5, 0.6) is 0 Å². The summed E-state index contributed by atoms with van der Waals surface area (Å²) in [5, 5.41) is 6.07. The van der Waals surface area contributed by atoms with Gasteiger partial charge in [0.1, 0.15) is 5.82 Å². The van der Waals surface area contributed by atoms with E-state index in [2.05, 4.69) is 36.3 Å². The zero-order chi connectivity index (χ0) is 21.2. The lowest BCUT2D eigenvalue weighted by atomic mass is 10.0. The van der Waals surface area contributed by atoms with Crippen molar-refractivity contribution in [3.63, 3.8) is 0 Å². The van der Waals surface area contributed by atoms with E-state index in [1.165, 1.54) is 6.07 Å². The Labute approximate surface area is 172 Å². The van der Waals surface area contributed by atoms with Gasteiger partial charge in [0, 0.05) is 57.0 Å². The van der Waals surface area contributed by atoms with Crippen LogP contribution >= 0.6 is 0 Å². The number of hydrogen-bond donors (Lipinski definition) is 2. The minimum atomic E-state index is -0.345. The topological polar surface area (TPSA) is 67.9 Å². The Morgan fingerprint density at radius 3 is 2.38 bits per heavy atom. The molecule has 2 aliphatic rings. The highest BCUT2D eigenvalue weighted by Crippen LogP contribution is 2.17. The van der Waals surface area contributed by atoms with E-state index in [9.17, 15) is 14.0 Å². The molecular formula is C21H32FN5O2. The van der Waals surface area contributed by atoms with Crippen LogP contribution in [0.15, 0.2) is 18.2 Å². The summed E-state index contributed by atoms with van der Waals surface area (Å²) >= 11 is 0. The Balaban J connectivity index is 1.51. The lowest BCUT2D eigenvalue weighted by molar-refractivity contribution is -0.136. The molecule has 0 radical (unpaired) electrons. The summed E-state index contributed by atoms with van der Waals surface area (Å²) in [5.74, 6) is -0.248. The third-order valence-electron chi connectivity index (χ3n) is 5.72. The highest BCUT2D eigenvalue weighted by Gasteiger charge is 2.34. The molecule has 1 aromatic rings. The molecule has 2 fully saturated rings. The second-order valence-electron chi connectivity index (χ2n) is 8.83. The van der Waals surface area contributed by atoms with Crippen LogP contribution in [0.4, 0.5) is 14.9 Å². The van der Waals surface area contributed by atoms with Gasteiger partial charge in [0.25, 0.3) is 0 Å². The number of piperazine rings is 2. The fraction of sp³-hybridized carbons (Fsp3) is 0.619. The zero-order valence-corrected chi connectivity index (χ0v) is 17.8. The maximum absolute atomic E-state index is 13.7. The van der Waals surface area contributed by atoms with E-state index >= 15 is 0 Å². The molecule has 0 aliphatic carbocycles. The van der Waals surface area contributed by atoms with Gasteiger partial charge in [0.05, 0.1) is 6.04 Å². The largest absolute Gasteiger partial charge is 0.338 e. The average Bonchev–Trinajstić information content (AvgIpc) is 2.70. The Hall–Kier alpha value is -2.19. The van der Waals surface area contributed by atoms with E-state index in [4.69, 9.17) is 0 Å². The Morgan fingerprint density at radius 1 is 1.10 bits per heavy atom. The first-order valence-corrected chi connectivity index (χ1v) is 10.2. The van der Waals surface area contributed by atoms with Gasteiger partial charge in [-0.2, -0.15) is 0 Å². The Morgan fingerprint density at radius 2 is 1.76 bits per heavy atom. The summed E-state index contributed by atoms with van der Waals surface area (Å²) < 4.78 is 13.7. The third-order valence-corrected chi connectivity index (χ3v) is 5.72. The van der Waals surface area contributed by atoms with Gasteiger partial charge in [-0.05, 0) is 45.4 Å². The number of halogens is 1. The molecule has 2 N–H and O–H groups in total. The SMILES string of the molecule is Cc1ccc(NC(=O)N2CCN(C(=O)[C@H]3CN(C(C)(C)C)CCN3)CC2)cc1F. The average molecular weight is 406 g/mol. The van der Waals surface area contributed by atoms with Crippen LogP contribution in [0, 0.1) is 12.7 Å². The van der Waals surface area contributed by atoms with Crippen molar-refractivity contribution in [2.24, 2.45) is 0 Å². The molecule has 8 heteroatoms. The summed E-state index contributed by atoms with van der Waals surface area (Å²) in [6.07, 6.45) is 0. The number of benzene rings is 1. The molecule has 0 saturated carbocycles. The van der Waals surface area contributed by atoms with Crippen molar-refractivity contribution in [1.29, 1.82) is 0 Å². The molecule has 0 bridgehead atoms. The molecule has 2 aliphatic heterocycles. The molecule has 0 spiro atoms. The van der Waals surface area contributed by atoms with E-state index < -0.39 is 0 Å². The van der Waals surface area contributed by atoms with E-state index in [0.717, 1.165) is 13.1 Å². The van der Waals surface area contributed by atoms with Crippen molar-refractivity contribution in [2.75, 3.05) is 51.1 Å². The van der Waals surface area contributed by atoms with Crippen LogP contribution in [-0.2, 0) is 4.79 Å². The fourth-order valence-electron chi connectivity index (χ4n) is 3.75. The summed E-state index contributed by atoms with van der Waals surface area (Å²) in [5.41, 5.74) is 1.01. The van der Waals surface area contributed by atoms with Crippen molar-refractivity contribution in [3.8, 4) is 0 Å². The molecule has 160 valence electrons. The van der Waals surface area contributed by atoms with Crippen molar-refractivity contribution >= 4 is 17.6 Å². The summed E-state index contributed by atoms with van der Waals surface area (Å²) in [7, 11) is 0. The molecule has 7 nitrogen and oxygen atoms in total. The van der Waals surface area contributed by atoms with Crippen molar-refractivity contribution in [2.45, 2.75) is 39.3 Å². The van der Waals surface area contributed by atoms with Gasteiger partial charge in [0.15, 0.2) is 0 Å². The van der Waals surface area contributed by atoms with Gasteiger partial charge >= 0.3 is 6.03 Å². The third kappa shape index (κ3) is 5.25. The maximum Gasteiger partial charge on any atom is 0.321 e. The molecule has 3 rings (SSSR count). The first-order valence-electron chi connectivity index (χ1n) is 10.2. The number of rotatable bonds is 2. The number of nitrogens with zero attached hydrogens (tertiary/aromatic N) is 3. The van der Waals surface area contributed by atoms with Crippen LogP contribution in [0.1, 0.15) is 26.3 Å². The number of hydrogen-bond acceptors (Lipinski definition) is 4. The van der Waals surface area contributed by atoms with Crippen LogP contribution in [0.25, 0.3) is 0 Å². The molecule has 1 atom stereocenters. The Bertz CT molecular complexity index is 756. The molecule has 2 saturated heterocycles. The van der Waals surface area contributed by atoms with Gasteiger partial charge in [-0.15, -0.1) is 0 Å². The van der Waals surface area contributed by atoms with Crippen molar-refractivity contribution in [1.82, 2.24) is 20.0 Å². The zero-order valence-electron chi connectivity index (χ0n) is 17.8. The minimum absolute atomic E-state index is 0.0346. The van der Waals surface area contributed by atoms with Crippen molar-refractivity contribution in [3.05, 3.63) is 29.6 Å². The molecule has 29 heavy (non-hydrogen) atoms. The van der Waals surface area contributed by atoms with Gasteiger partial charge in [0.2, 0.25) is 5.91 Å². The van der Waals surface area contributed by atoms with Gasteiger partial charge in [-0.3, -0.25) is 9.69 Å². The molecule has 0 unspecified atom stereocenters. The second kappa shape index (κ2) is 8.67. The normalized spacial score (nSPS) is 21.2. The number of amides is 3. The molecular weight excluding hydrogens is 373 g/mol. The highest BCUT2D eigenvalue weighted by molar-refractivity contribution is 5.89. The molecule has 3 amide bonds. The first kappa shape index (κ1) is 21.5. The first-order chi connectivity index (χ1) is 13.6. The minimum Gasteiger partial charge on any atom is -0.338 e. The summed E-state index contributed by atoms with van der Waals surface area (Å²) in [4.78, 5) is 31.2. The predicted octanol–water partition coefficient (Wildman–Crippen LogP) is 1.88.